The standard InChI is InChI=1S/C11H17FN4O/c1-3-13-10-9(12)8(2)14-11(15-10)16-4-6-17-7-5-16/h3-7H2,1-2H3,(H,13,14,15). The largest absolute Gasteiger partial charge is 0.378 e. The van der Waals surface area contributed by atoms with Crippen LogP contribution in [0.25, 0.3) is 0 Å². The molecule has 2 rings (SSSR count). The van der Waals surface area contributed by atoms with Gasteiger partial charge in [-0.25, -0.2) is 9.37 Å². The molecule has 0 radical (unpaired) electrons. The van der Waals surface area contributed by atoms with E-state index in [4.69, 9.17) is 4.74 Å². The molecule has 1 aromatic rings. The number of halogens is 1. The van der Waals surface area contributed by atoms with Gasteiger partial charge in [0.1, 0.15) is 0 Å². The molecule has 0 aromatic carbocycles. The summed E-state index contributed by atoms with van der Waals surface area (Å²) in [5.41, 5.74) is 0.373. The van der Waals surface area contributed by atoms with Crippen molar-refractivity contribution in [3.63, 3.8) is 0 Å². The summed E-state index contributed by atoms with van der Waals surface area (Å²) in [4.78, 5) is 10.4. The highest BCUT2D eigenvalue weighted by Crippen LogP contribution is 2.19. The molecular weight excluding hydrogens is 223 g/mol. The monoisotopic (exact) mass is 240 g/mol. The molecule has 1 saturated heterocycles. The first-order valence-corrected chi connectivity index (χ1v) is 5.83. The van der Waals surface area contributed by atoms with E-state index in [1.807, 2.05) is 11.8 Å². The van der Waals surface area contributed by atoms with Crippen LogP contribution in [0.5, 0.6) is 0 Å². The van der Waals surface area contributed by atoms with Crippen molar-refractivity contribution in [3.05, 3.63) is 11.5 Å². The SMILES string of the molecule is CCNc1nc(N2CCOCC2)nc(C)c1F. The zero-order valence-corrected chi connectivity index (χ0v) is 10.2. The van der Waals surface area contributed by atoms with Crippen LogP contribution in [-0.4, -0.2) is 42.8 Å². The van der Waals surface area contributed by atoms with Gasteiger partial charge < -0.3 is 15.0 Å². The van der Waals surface area contributed by atoms with Crippen molar-refractivity contribution in [2.24, 2.45) is 0 Å². The summed E-state index contributed by atoms with van der Waals surface area (Å²) in [6.45, 7) is 7.02. The molecule has 0 bridgehead atoms. The van der Waals surface area contributed by atoms with Gasteiger partial charge in [-0.1, -0.05) is 0 Å². The summed E-state index contributed by atoms with van der Waals surface area (Å²) in [7, 11) is 0. The van der Waals surface area contributed by atoms with Crippen LogP contribution < -0.4 is 10.2 Å². The summed E-state index contributed by atoms with van der Waals surface area (Å²) in [6, 6.07) is 0. The molecule has 0 atom stereocenters. The molecule has 0 aliphatic carbocycles. The maximum Gasteiger partial charge on any atom is 0.227 e. The number of hydrogen-bond donors (Lipinski definition) is 1. The summed E-state index contributed by atoms with van der Waals surface area (Å²) in [5, 5.41) is 2.91. The number of aromatic nitrogens is 2. The topological polar surface area (TPSA) is 50.3 Å². The van der Waals surface area contributed by atoms with Crippen molar-refractivity contribution in [1.82, 2.24) is 9.97 Å². The highest BCUT2D eigenvalue weighted by Gasteiger charge is 2.17. The normalized spacial score (nSPS) is 16.1. The molecule has 94 valence electrons. The molecule has 5 nitrogen and oxygen atoms in total. The Morgan fingerprint density at radius 1 is 1.35 bits per heavy atom. The van der Waals surface area contributed by atoms with Gasteiger partial charge in [0.15, 0.2) is 11.6 Å². The maximum absolute atomic E-state index is 13.7. The van der Waals surface area contributed by atoms with E-state index in [-0.39, 0.29) is 11.6 Å². The van der Waals surface area contributed by atoms with Crippen LogP contribution in [0.3, 0.4) is 0 Å². The number of morpholine rings is 1. The van der Waals surface area contributed by atoms with Crippen molar-refractivity contribution in [1.29, 1.82) is 0 Å². The highest BCUT2D eigenvalue weighted by atomic mass is 19.1. The van der Waals surface area contributed by atoms with Gasteiger partial charge in [0.05, 0.1) is 18.9 Å². The average Bonchev–Trinajstić information content (AvgIpc) is 2.36. The Hall–Kier alpha value is -1.43. The third-order valence-electron chi connectivity index (χ3n) is 2.64. The van der Waals surface area contributed by atoms with Crippen molar-refractivity contribution >= 4 is 11.8 Å². The van der Waals surface area contributed by atoms with Gasteiger partial charge >= 0.3 is 0 Å². The first-order chi connectivity index (χ1) is 8.22. The Morgan fingerprint density at radius 3 is 2.71 bits per heavy atom. The molecule has 2 heterocycles. The van der Waals surface area contributed by atoms with Gasteiger partial charge in [0, 0.05) is 19.6 Å². The van der Waals surface area contributed by atoms with Crippen LogP contribution in [-0.2, 0) is 4.74 Å². The number of anilines is 2. The lowest BCUT2D eigenvalue weighted by atomic mass is 10.4. The van der Waals surface area contributed by atoms with Crippen molar-refractivity contribution < 1.29 is 9.13 Å². The Kier molecular flexibility index (Phi) is 3.73. The average molecular weight is 240 g/mol. The van der Waals surface area contributed by atoms with Crippen LogP contribution in [0.15, 0.2) is 0 Å². The maximum atomic E-state index is 13.7. The first-order valence-electron chi connectivity index (χ1n) is 5.83. The molecule has 0 unspecified atom stereocenters. The van der Waals surface area contributed by atoms with Crippen LogP contribution in [0.1, 0.15) is 12.6 Å². The van der Waals surface area contributed by atoms with Crippen LogP contribution in [0, 0.1) is 12.7 Å². The molecule has 1 aromatic heterocycles. The zero-order valence-electron chi connectivity index (χ0n) is 10.2. The summed E-state index contributed by atoms with van der Waals surface area (Å²) in [5.74, 6) is 0.480. The third kappa shape index (κ3) is 2.63. The quantitative estimate of drug-likeness (QED) is 0.860. The summed E-state index contributed by atoms with van der Waals surface area (Å²) >= 11 is 0. The number of hydrogen-bond acceptors (Lipinski definition) is 5. The van der Waals surface area contributed by atoms with E-state index in [9.17, 15) is 4.39 Å². The number of ether oxygens (including phenoxy) is 1. The fraction of sp³-hybridized carbons (Fsp3) is 0.636. The summed E-state index contributed by atoms with van der Waals surface area (Å²) in [6.07, 6.45) is 0. The minimum absolute atomic E-state index is 0.279. The van der Waals surface area contributed by atoms with E-state index < -0.39 is 0 Å². The van der Waals surface area contributed by atoms with E-state index in [0.717, 1.165) is 13.1 Å². The van der Waals surface area contributed by atoms with E-state index in [1.54, 1.807) is 6.92 Å². The van der Waals surface area contributed by atoms with E-state index >= 15 is 0 Å². The van der Waals surface area contributed by atoms with Gasteiger partial charge in [0.25, 0.3) is 0 Å². The van der Waals surface area contributed by atoms with Crippen LogP contribution in [0.2, 0.25) is 0 Å². The third-order valence-corrected chi connectivity index (χ3v) is 2.64. The van der Waals surface area contributed by atoms with Crippen LogP contribution in [0.4, 0.5) is 16.2 Å². The van der Waals surface area contributed by atoms with Gasteiger partial charge in [-0.15, -0.1) is 0 Å². The van der Waals surface area contributed by atoms with E-state index in [1.165, 1.54) is 0 Å². The lowest BCUT2D eigenvalue weighted by molar-refractivity contribution is 0.122. The van der Waals surface area contributed by atoms with Gasteiger partial charge in [-0.3, -0.25) is 0 Å². The molecule has 6 heteroatoms. The molecule has 1 fully saturated rings. The van der Waals surface area contributed by atoms with E-state index in [0.29, 0.717) is 31.4 Å². The second kappa shape index (κ2) is 5.27. The molecule has 0 spiro atoms. The zero-order chi connectivity index (χ0) is 12.3. The lowest BCUT2D eigenvalue weighted by Gasteiger charge is -2.27. The smallest absolute Gasteiger partial charge is 0.227 e. The van der Waals surface area contributed by atoms with Gasteiger partial charge in [-0.2, -0.15) is 4.98 Å². The molecule has 1 N–H and O–H groups in total. The number of nitrogens with one attached hydrogen (secondary N) is 1. The first kappa shape index (κ1) is 12.0. The van der Waals surface area contributed by atoms with Crippen molar-refractivity contribution in [3.8, 4) is 0 Å². The minimum Gasteiger partial charge on any atom is -0.378 e. The molecule has 1 aliphatic heterocycles. The van der Waals surface area contributed by atoms with Crippen LogP contribution >= 0.6 is 0 Å². The fourth-order valence-electron chi connectivity index (χ4n) is 1.73. The lowest BCUT2D eigenvalue weighted by Crippen LogP contribution is -2.37. The van der Waals surface area contributed by atoms with E-state index in [2.05, 4.69) is 15.3 Å². The number of rotatable bonds is 3. The van der Waals surface area contributed by atoms with Crippen molar-refractivity contribution in [2.45, 2.75) is 13.8 Å². The fourth-order valence-corrected chi connectivity index (χ4v) is 1.73. The Balaban J connectivity index is 2.27. The Morgan fingerprint density at radius 2 is 2.06 bits per heavy atom. The molecular formula is C11H17FN4O. The minimum atomic E-state index is -0.371. The predicted octanol–water partition coefficient (Wildman–Crippen LogP) is 1.19. The molecule has 1 aliphatic rings. The second-order valence-electron chi connectivity index (χ2n) is 3.90. The highest BCUT2D eigenvalue weighted by molar-refractivity contribution is 5.45. The molecule has 0 saturated carbocycles. The van der Waals surface area contributed by atoms with Gasteiger partial charge in [-0.05, 0) is 13.8 Å². The summed E-state index contributed by atoms with van der Waals surface area (Å²) < 4.78 is 19.0. The Bertz CT molecular complexity index is 393. The van der Waals surface area contributed by atoms with Crippen molar-refractivity contribution in [2.75, 3.05) is 43.1 Å². The number of aryl methyl sites for hydroxylation is 1. The van der Waals surface area contributed by atoms with Gasteiger partial charge in [0.2, 0.25) is 5.95 Å². The molecule has 0 amide bonds. The molecule has 17 heavy (non-hydrogen) atoms. The predicted molar refractivity (Wildman–Crippen MR) is 63.9 cm³/mol. The Labute approximate surface area is 100 Å². The number of nitrogens with zero attached hydrogens (tertiary/aromatic N) is 3. The second-order valence-corrected chi connectivity index (χ2v) is 3.90.